The Kier molecular flexibility index (Phi) is 4.89. The normalized spacial score (nSPS) is 13.1. The van der Waals surface area contributed by atoms with E-state index in [1.165, 1.54) is 19.2 Å². The zero-order valence-corrected chi connectivity index (χ0v) is 11.4. The SMILES string of the molecule is COc1ccc(C(N)CC(C)(C)CC(=O)O)cc1F. The van der Waals surface area contributed by atoms with Gasteiger partial charge in [0, 0.05) is 6.04 Å². The molecule has 0 aromatic heterocycles. The summed E-state index contributed by atoms with van der Waals surface area (Å²) in [5.74, 6) is -1.16. The average molecular weight is 269 g/mol. The topological polar surface area (TPSA) is 72.5 Å². The van der Waals surface area contributed by atoms with Gasteiger partial charge >= 0.3 is 5.97 Å². The number of nitrogens with two attached hydrogens (primary N) is 1. The van der Waals surface area contributed by atoms with Crippen molar-refractivity contribution in [2.24, 2.45) is 11.1 Å². The second kappa shape index (κ2) is 6.02. The number of hydrogen-bond donors (Lipinski definition) is 2. The third-order valence-corrected chi connectivity index (χ3v) is 3.01. The Morgan fingerprint density at radius 2 is 2.16 bits per heavy atom. The summed E-state index contributed by atoms with van der Waals surface area (Å²) in [7, 11) is 1.40. The molecule has 1 aromatic rings. The van der Waals surface area contributed by atoms with E-state index in [2.05, 4.69) is 0 Å². The van der Waals surface area contributed by atoms with E-state index in [-0.39, 0.29) is 12.2 Å². The molecule has 1 aromatic carbocycles. The number of rotatable bonds is 6. The van der Waals surface area contributed by atoms with Crippen molar-refractivity contribution in [3.63, 3.8) is 0 Å². The molecule has 0 bridgehead atoms. The highest BCUT2D eigenvalue weighted by molar-refractivity contribution is 5.67. The number of carboxylic acids is 1. The van der Waals surface area contributed by atoms with Gasteiger partial charge in [0.25, 0.3) is 0 Å². The van der Waals surface area contributed by atoms with Crippen molar-refractivity contribution < 1.29 is 19.0 Å². The predicted octanol–water partition coefficient (Wildman–Crippen LogP) is 2.73. The first-order chi connectivity index (χ1) is 8.75. The molecule has 19 heavy (non-hydrogen) atoms. The van der Waals surface area contributed by atoms with Gasteiger partial charge in [-0.15, -0.1) is 0 Å². The lowest BCUT2D eigenvalue weighted by Gasteiger charge is -2.26. The number of hydrogen-bond acceptors (Lipinski definition) is 3. The third-order valence-electron chi connectivity index (χ3n) is 3.01. The first-order valence-electron chi connectivity index (χ1n) is 6.06. The summed E-state index contributed by atoms with van der Waals surface area (Å²) in [6.07, 6.45) is 0.490. The summed E-state index contributed by atoms with van der Waals surface area (Å²) < 4.78 is 18.4. The summed E-state index contributed by atoms with van der Waals surface area (Å²) in [5.41, 5.74) is 6.21. The van der Waals surface area contributed by atoms with Crippen molar-refractivity contribution in [2.45, 2.75) is 32.7 Å². The first kappa shape index (κ1) is 15.4. The monoisotopic (exact) mass is 269 g/mol. The summed E-state index contributed by atoms with van der Waals surface area (Å²) >= 11 is 0. The van der Waals surface area contributed by atoms with Crippen LogP contribution in [0.2, 0.25) is 0 Å². The number of carboxylic acid groups (broad SMARTS) is 1. The zero-order chi connectivity index (χ0) is 14.6. The minimum atomic E-state index is -0.863. The fourth-order valence-electron chi connectivity index (χ4n) is 2.11. The Balaban J connectivity index is 2.80. The van der Waals surface area contributed by atoms with Crippen LogP contribution in [0.3, 0.4) is 0 Å². The van der Waals surface area contributed by atoms with E-state index in [1.54, 1.807) is 6.07 Å². The van der Waals surface area contributed by atoms with E-state index in [0.29, 0.717) is 12.0 Å². The fraction of sp³-hybridized carbons (Fsp3) is 0.500. The molecule has 0 spiro atoms. The molecule has 0 aliphatic carbocycles. The third kappa shape index (κ3) is 4.52. The smallest absolute Gasteiger partial charge is 0.303 e. The fourth-order valence-corrected chi connectivity index (χ4v) is 2.11. The van der Waals surface area contributed by atoms with Crippen molar-refractivity contribution in [3.05, 3.63) is 29.6 Å². The lowest BCUT2D eigenvalue weighted by molar-refractivity contribution is -0.139. The molecule has 3 N–H and O–H groups in total. The van der Waals surface area contributed by atoms with Crippen molar-refractivity contribution in [1.82, 2.24) is 0 Å². The second-order valence-corrected chi connectivity index (χ2v) is 5.44. The average Bonchev–Trinajstić information content (AvgIpc) is 2.26. The molecule has 5 heteroatoms. The maximum Gasteiger partial charge on any atom is 0.303 e. The molecule has 0 aliphatic heterocycles. The summed E-state index contributed by atoms with van der Waals surface area (Å²) in [4.78, 5) is 10.8. The van der Waals surface area contributed by atoms with Gasteiger partial charge in [-0.25, -0.2) is 4.39 Å². The maximum atomic E-state index is 13.6. The Morgan fingerprint density at radius 3 is 2.63 bits per heavy atom. The van der Waals surface area contributed by atoms with Gasteiger partial charge in [0.15, 0.2) is 11.6 Å². The highest BCUT2D eigenvalue weighted by Gasteiger charge is 2.25. The molecule has 0 aliphatic rings. The Bertz CT molecular complexity index is 460. The molecular formula is C14H20FNO3. The van der Waals surface area contributed by atoms with E-state index in [0.717, 1.165) is 0 Å². The Hall–Kier alpha value is -1.62. The van der Waals surface area contributed by atoms with Crippen LogP contribution in [0.1, 0.15) is 38.3 Å². The number of halogens is 1. The van der Waals surface area contributed by atoms with Crippen LogP contribution < -0.4 is 10.5 Å². The van der Waals surface area contributed by atoms with Gasteiger partial charge in [-0.1, -0.05) is 19.9 Å². The molecule has 0 radical (unpaired) electrons. The van der Waals surface area contributed by atoms with Crippen LogP contribution in [0.4, 0.5) is 4.39 Å². The van der Waals surface area contributed by atoms with Crippen LogP contribution >= 0.6 is 0 Å². The van der Waals surface area contributed by atoms with Crippen molar-refractivity contribution >= 4 is 5.97 Å². The highest BCUT2D eigenvalue weighted by Crippen LogP contribution is 2.32. The standard InChI is InChI=1S/C14H20FNO3/c1-14(2,8-13(17)18)7-11(16)9-4-5-12(19-3)10(15)6-9/h4-6,11H,7-8,16H2,1-3H3,(H,17,18). The Labute approximate surface area is 112 Å². The molecule has 0 saturated heterocycles. The highest BCUT2D eigenvalue weighted by atomic mass is 19.1. The van der Waals surface area contributed by atoms with E-state index >= 15 is 0 Å². The zero-order valence-electron chi connectivity index (χ0n) is 11.4. The van der Waals surface area contributed by atoms with Gasteiger partial charge in [-0.2, -0.15) is 0 Å². The quantitative estimate of drug-likeness (QED) is 0.832. The molecule has 1 atom stereocenters. The second-order valence-electron chi connectivity index (χ2n) is 5.44. The van der Waals surface area contributed by atoms with Gasteiger partial charge in [-0.05, 0) is 29.5 Å². The molecule has 0 amide bonds. The van der Waals surface area contributed by atoms with Crippen LogP contribution in [-0.2, 0) is 4.79 Å². The van der Waals surface area contributed by atoms with Crippen LogP contribution in [-0.4, -0.2) is 18.2 Å². The minimum Gasteiger partial charge on any atom is -0.494 e. The Morgan fingerprint density at radius 1 is 1.53 bits per heavy atom. The van der Waals surface area contributed by atoms with Gasteiger partial charge in [-0.3, -0.25) is 4.79 Å². The number of carbonyl (C=O) groups is 1. The molecule has 1 unspecified atom stereocenters. The summed E-state index contributed by atoms with van der Waals surface area (Å²) in [5, 5.41) is 8.83. The molecule has 0 saturated carbocycles. The lowest BCUT2D eigenvalue weighted by Crippen LogP contribution is -2.24. The molecule has 0 fully saturated rings. The number of ether oxygens (including phenoxy) is 1. The van der Waals surface area contributed by atoms with Crippen LogP contribution in [0.25, 0.3) is 0 Å². The van der Waals surface area contributed by atoms with E-state index in [4.69, 9.17) is 15.6 Å². The van der Waals surface area contributed by atoms with E-state index in [9.17, 15) is 9.18 Å². The lowest BCUT2D eigenvalue weighted by atomic mass is 9.81. The van der Waals surface area contributed by atoms with Crippen molar-refractivity contribution in [1.29, 1.82) is 0 Å². The number of aliphatic carboxylic acids is 1. The largest absolute Gasteiger partial charge is 0.494 e. The maximum absolute atomic E-state index is 13.6. The van der Waals surface area contributed by atoms with Crippen LogP contribution in [0.5, 0.6) is 5.75 Å². The van der Waals surface area contributed by atoms with Gasteiger partial charge in [0.1, 0.15) is 0 Å². The van der Waals surface area contributed by atoms with E-state index < -0.39 is 23.2 Å². The molecule has 1 rings (SSSR count). The van der Waals surface area contributed by atoms with E-state index in [1.807, 2.05) is 13.8 Å². The van der Waals surface area contributed by atoms with Crippen molar-refractivity contribution in [2.75, 3.05) is 7.11 Å². The molecule has 4 nitrogen and oxygen atoms in total. The summed E-state index contributed by atoms with van der Waals surface area (Å²) in [6, 6.07) is 4.15. The first-order valence-corrected chi connectivity index (χ1v) is 6.06. The number of benzene rings is 1. The minimum absolute atomic E-state index is 0.0271. The predicted molar refractivity (Wildman–Crippen MR) is 70.5 cm³/mol. The summed E-state index contributed by atoms with van der Waals surface area (Å²) in [6.45, 7) is 3.67. The van der Waals surface area contributed by atoms with Crippen molar-refractivity contribution in [3.8, 4) is 5.75 Å². The molecular weight excluding hydrogens is 249 g/mol. The molecule has 106 valence electrons. The van der Waals surface area contributed by atoms with Gasteiger partial charge in [0.2, 0.25) is 0 Å². The molecule has 0 heterocycles. The van der Waals surface area contributed by atoms with Gasteiger partial charge < -0.3 is 15.6 Å². The van der Waals surface area contributed by atoms with Gasteiger partial charge in [0.05, 0.1) is 13.5 Å². The van der Waals surface area contributed by atoms with Crippen LogP contribution in [0, 0.1) is 11.2 Å². The number of methoxy groups -OCH3 is 1. The van der Waals surface area contributed by atoms with Crippen LogP contribution in [0.15, 0.2) is 18.2 Å².